The molecular weight excluding hydrogens is 355 g/mol. The number of hydrogen-bond acceptors (Lipinski definition) is 3. The second-order valence-corrected chi connectivity index (χ2v) is 7.36. The van der Waals surface area contributed by atoms with E-state index in [0.717, 1.165) is 24.0 Å². The second kappa shape index (κ2) is 7.97. The molecule has 144 valence electrons. The minimum absolute atomic E-state index is 0.0851. The molecule has 0 aliphatic heterocycles. The quantitative estimate of drug-likeness (QED) is 0.587. The van der Waals surface area contributed by atoms with E-state index >= 15 is 0 Å². The van der Waals surface area contributed by atoms with Crippen LogP contribution in [0, 0.1) is 12.7 Å². The topological polar surface area (TPSA) is 46.3 Å². The van der Waals surface area contributed by atoms with E-state index in [1.54, 1.807) is 18.3 Å². The van der Waals surface area contributed by atoms with Crippen molar-refractivity contribution < 1.29 is 13.6 Å². The first-order chi connectivity index (χ1) is 13.6. The summed E-state index contributed by atoms with van der Waals surface area (Å²) in [5.74, 6) is 1.11. The largest absolute Gasteiger partial charge is 0.441 e. The van der Waals surface area contributed by atoms with Crippen LogP contribution in [0.2, 0.25) is 0 Å². The number of aryl methyl sites for hydroxylation is 2. The van der Waals surface area contributed by atoms with Crippen molar-refractivity contribution in [2.75, 3.05) is 0 Å². The molecule has 0 spiro atoms. The number of aromatic nitrogens is 1. The highest BCUT2D eigenvalue weighted by atomic mass is 19.1. The maximum absolute atomic E-state index is 13.1. The van der Waals surface area contributed by atoms with Gasteiger partial charge in [-0.1, -0.05) is 42.0 Å². The Morgan fingerprint density at radius 3 is 2.54 bits per heavy atom. The van der Waals surface area contributed by atoms with Crippen molar-refractivity contribution >= 4 is 5.91 Å². The minimum Gasteiger partial charge on any atom is -0.441 e. The van der Waals surface area contributed by atoms with Crippen LogP contribution in [0.3, 0.4) is 0 Å². The fourth-order valence-corrected chi connectivity index (χ4v) is 3.23. The molecule has 0 atom stereocenters. The molecule has 1 heterocycles. The monoisotopic (exact) mass is 378 g/mol. The lowest BCUT2D eigenvalue weighted by Crippen LogP contribution is -2.32. The van der Waals surface area contributed by atoms with Gasteiger partial charge in [0.2, 0.25) is 5.91 Å². The average Bonchev–Trinajstić information content (AvgIpc) is 3.43. The number of amides is 1. The Morgan fingerprint density at radius 2 is 1.86 bits per heavy atom. The molecule has 3 aromatic rings. The third-order valence-corrected chi connectivity index (χ3v) is 5.02. The van der Waals surface area contributed by atoms with E-state index in [9.17, 15) is 9.18 Å². The predicted molar refractivity (Wildman–Crippen MR) is 105 cm³/mol. The van der Waals surface area contributed by atoms with Crippen LogP contribution in [0.15, 0.2) is 59.1 Å². The molecule has 4 nitrogen and oxygen atoms in total. The molecule has 0 radical (unpaired) electrons. The van der Waals surface area contributed by atoms with Crippen molar-refractivity contribution in [1.82, 2.24) is 9.88 Å². The zero-order chi connectivity index (χ0) is 19.5. The number of carbonyl (C=O) groups excluding carboxylic acids is 1. The first-order valence-corrected chi connectivity index (χ1v) is 9.64. The van der Waals surface area contributed by atoms with Crippen molar-refractivity contribution in [3.05, 3.63) is 77.6 Å². The summed E-state index contributed by atoms with van der Waals surface area (Å²) in [4.78, 5) is 19.0. The van der Waals surface area contributed by atoms with Gasteiger partial charge in [-0.25, -0.2) is 9.37 Å². The van der Waals surface area contributed by atoms with E-state index in [1.165, 1.54) is 17.7 Å². The molecule has 0 saturated heterocycles. The fourth-order valence-electron chi connectivity index (χ4n) is 3.23. The zero-order valence-corrected chi connectivity index (χ0v) is 15.9. The third kappa shape index (κ3) is 4.47. The molecule has 28 heavy (non-hydrogen) atoms. The van der Waals surface area contributed by atoms with Gasteiger partial charge in [-0.2, -0.15) is 0 Å². The van der Waals surface area contributed by atoms with Crippen molar-refractivity contribution in [1.29, 1.82) is 0 Å². The van der Waals surface area contributed by atoms with E-state index in [-0.39, 0.29) is 11.7 Å². The van der Waals surface area contributed by atoms with Crippen LogP contribution in [0.1, 0.15) is 36.3 Å². The standard InChI is InChI=1S/C23H23FN2O2/c1-16-2-6-18(7-3-16)21-14-25-22(28-21)12-13-23(27)26(20-10-11-20)15-17-4-8-19(24)9-5-17/h2-9,14,20H,10-13,15H2,1H3. The third-order valence-electron chi connectivity index (χ3n) is 5.02. The Bertz CT molecular complexity index is 943. The normalized spacial score (nSPS) is 13.5. The summed E-state index contributed by atoms with van der Waals surface area (Å²) in [6.45, 7) is 2.56. The Balaban J connectivity index is 1.37. The summed E-state index contributed by atoms with van der Waals surface area (Å²) < 4.78 is 18.9. The molecule has 5 heteroatoms. The highest BCUT2D eigenvalue weighted by Gasteiger charge is 2.32. The number of hydrogen-bond donors (Lipinski definition) is 0. The van der Waals surface area contributed by atoms with Gasteiger partial charge in [-0.3, -0.25) is 4.79 Å². The van der Waals surface area contributed by atoms with E-state index in [1.807, 2.05) is 36.1 Å². The van der Waals surface area contributed by atoms with Gasteiger partial charge in [0.15, 0.2) is 11.7 Å². The number of benzene rings is 2. The molecule has 4 rings (SSSR count). The van der Waals surface area contributed by atoms with Crippen molar-refractivity contribution in [2.45, 2.75) is 45.2 Å². The summed E-state index contributed by atoms with van der Waals surface area (Å²) in [7, 11) is 0. The Hall–Kier alpha value is -2.95. The lowest BCUT2D eigenvalue weighted by Gasteiger charge is -2.22. The summed E-state index contributed by atoms with van der Waals surface area (Å²) in [5.41, 5.74) is 3.11. The van der Waals surface area contributed by atoms with Gasteiger partial charge in [0.25, 0.3) is 0 Å². The lowest BCUT2D eigenvalue weighted by atomic mass is 10.1. The molecule has 1 aromatic heterocycles. The van der Waals surface area contributed by atoms with Gasteiger partial charge in [-0.15, -0.1) is 0 Å². The molecule has 1 aliphatic carbocycles. The molecule has 0 unspecified atom stereocenters. The number of oxazole rings is 1. The van der Waals surface area contributed by atoms with Gasteiger partial charge >= 0.3 is 0 Å². The maximum atomic E-state index is 13.1. The van der Waals surface area contributed by atoms with E-state index in [2.05, 4.69) is 4.98 Å². The molecule has 1 fully saturated rings. The molecule has 1 aliphatic rings. The lowest BCUT2D eigenvalue weighted by molar-refractivity contribution is -0.132. The van der Waals surface area contributed by atoms with Crippen LogP contribution in [0.5, 0.6) is 0 Å². The predicted octanol–water partition coefficient (Wildman–Crippen LogP) is 4.91. The highest BCUT2D eigenvalue weighted by Crippen LogP contribution is 2.29. The first-order valence-electron chi connectivity index (χ1n) is 9.64. The molecule has 0 bridgehead atoms. The Labute approximate surface area is 164 Å². The maximum Gasteiger partial charge on any atom is 0.223 e. The van der Waals surface area contributed by atoms with Crippen LogP contribution in [-0.4, -0.2) is 21.8 Å². The van der Waals surface area contributed by atoms with E-state index in [4.69, 9.17) is 4.42 Å². The van der Waals surface area contributed by atoms with Crippen LogP contribution >= 0.6 is 0 Å². The summed E-state index contributed by atoms with van der Waals surface area (Å²) in [6, 6.07) is 14.7. The smallest absolute Gasteiger partial charge is 0.223 e. The van der Waals surface area contributed by atoms with Gasteiger partial charge in [0.05, 0.1) is 6.20 Å². The number of carbonyl (C=O) groups is 1. The van der Waals surface area contributed by atoms with E-state index in [0.29, 0.717) is 37.1 Å². The van der Waals surface area contributed by atoms with Crippen LogP contribution < -0.4 is 0 Å². The minimum atomic E-state index is -0.263. The first kappa shape index (κ1) is 18.4. The molecular formula is C23H23FN2O2. The van der Waals surface area contributed by atoms with Crippen molar-refractivity contribution in [3.63, 3.8) is 0 Å². The van der Waals surface area contributed by atoms with Gasteiger partial charge < -0.3 is 9.32 Å². The van der Waals surface area contributed by atoms with Gasteiger partial charge in [0, 0.05) is 31.0 Å². The number of halogens is 1. The second-order valence-electron chi connectivity index (χ2n) is 7.36. The van der Waals surface area contributed by atoms with Gasteiger partial charge in [-0.05, 0) is 37.5 Å². The van der Waals surface area contributed by atoms with Crippen LogP contribution in [0.25, 0.3) is 11.3 Å². The number of nitrogens with zero attached hydrogens (tertiary/aromatic N) is 2. The summed E-state index contributed by atoms with van der Waals surface area (Å²) in [6.07, 6.45) is 4.59. The van der Waals surface area contributed by atoms with E-state index < -0.39 is 0 Å². The van der Waals surface area contributed by atoms with Crippen molar-refractivity contribution in [3.8, 4) is 11.3 Å². The molecule has 1 amide bonds. The SMILES string of the molecule is Cc1ccc(-c2cnc(CCC(=O)N(Cc3ccc(F)cc3)C3CC3)o2)cc1. The van der Waals surface area contributed by atoms with Crippen LogP contribution in [-0.2, 0) is 17.8 Å². The fraction of sp³-hybridized carbons (Fsp3) is 0.304. The van der Waals surface area contributed by atoms with Crippen LogP contribution in [0.4, 0.5) is 4.39 Å². The highest BCUT2D eigenvalue weighted by molar-refractivity contribution is 5.77. The zero-order valence-electron chi connectivity index (χ0n) is 15.9. The molecule has 2 aromatic carbocycles. The molecule has 0 N–H and O–H groups in total. The summed E-state index contributed by atoms with van der Waals surface area (Å²) in [5, 5.41) is 0. The average molecular weight is 378 g/mol. The van der Waals surface area contributed by atoms with Gasteiger partial charge in [0.1, 0.15) is 5.82 Å². The number of rotatable bonds is 7. The van der Waals surface area contributed by atoms with Crippen molar-refractivity contribution in [2.24, 2.45) is 0 Å². The molecule has 1 saturated carbocycles. The summed E-state index contributed by atoms with van der Waals surface area (Å²) >= 11 is 0. The Morgan fingerprint density at radius 1 is 1.14 bits per heavy atom. The Kier molecular flexibility index (Phi) is 5.24.